The highest BCUT2D eigenvalue weighted by Crippen LogP contribution is 2.41. The monoisotopic (exact) mass is 278 g/mol. The van der Waals surface area contributed by atoms with E-state index in [1.807, 2.05) is 11.3 Å². The molecule has 0 bridgehead atoms. The van der Waals surface area contributed by atoms with Gasteiger partial charge >= 0.3 is 0 Å². The molecule has 1 unspecified atom stereocenters. The van der Waals surface area contributed by atoms with Gasteiger partial charge in [0.15, 0.2) is 0 Å². The van der Waals surface area contributed by atoms with Crippen LogP contribution in [0.3, 0.4) is 0 Å². The van der Waals surface area contributed by atoms with Crippen molar-refractivity contribution in [2.45, 2.75) is 63.5 Å². The Morgan fingerprint density at radius 1 is 1.32 bits per heavy atom. The molecule has 2 N–H and O–H groups in total. The molecule has 1 aromatic rings. The van der Waals surface area contributed by atoms with E-state index in [4.69, 9.17) is 5.73 Å². The normalized spacial score (nSPS) is 27.8. The smallest absolute Gasteiger partial charge is 0.0337 e. The largest absolute Gasteiger partial charge is 0.329 e. The van der Waals surface area contributed by atoms with Crippen LogP contribution < -0.4 is 5.73 Å². The molecule has 19 heavy (non-hydrogen) atoms. The molecule has 0 saturated heterocycles. The number of nitrogens with two attached hydrogens (primary N) is 1. The maximum atomic E-state index is 6.26. The summed E-state index contributed by atoms with van der Waals surface area (Å²) < 4.78 is 0. The zero-order chi connectivity index (χ0) is 13.3. The third kappa shape index (κ3) is 2.37. The van der Waals surface area contributed by atoms with Gasteiger partial charge in [0, 0.05) is 29.5 Å². The molecule has 1 aliphatic heterocycles. The lowest BCUT2D eigenvalue weighted by Gasteiger charge is -2.48. The summed E-state index contributed by atoms with van der Waals surface area (Å²) in [6.45, 7) is 4.41. The Hall–Kier alpha value is -0.380. The van der Waals surface area contributed by atoms with Gasteiger partial charge in [-0.05, 0) is 43.2 Å². The van der Waals surface area contributed by atoms with Gasteiger partial charge in [-0.1, -0.05) is 25.7 Å². The molecular formula is C16H26N2S. The molecule has 1 aromatic heterocycles. The van der Waals surface area contributed by atoms with Crippen LogP contribution in [-0.2, 0) is 6.42 Å². The van der Waals surface area contributed by atoms with E-state index in [9.17, 15) is 0 Å². The Kier molecular flexibility index (Phi) is 3.97. The van der Waals surface area contributed by atoms with Gasteiger partial charge in [-0.15, -0.1) is 11.3 Å². The highest BCUT2D eigenvalue weighted by molar-refractivity contribution is 7.10. The van der Waals surface area contributed by atoms with E-state index in [1.165, 1.54) is 51.5 Å². The Labute approximate surface area is 121 Å². The van der Waals surface area contributed by atoms with Gasteiger partial charge in [-0.3, -0.25) is 4.90 Å². The van der Waals surface area contributed by atoms with Crippen molar-refractivity contribution >= 4 is 11.3 Å². The van der Waals surface area contributed by atoms with Crippen molar-refractivity contribution < 1.29 is 0 Å². The maximum absolute atomic E-state index is 6.26. The second-order valence-electron chi connectivity index (χ2n) is 6.26. The SMILES string of the molecule is CC1c2ccsc2CCN1C1(CN)CCCCCC1. The van der Waals surface area contributed by atoms with Crippen LogP contribution in [0.25, 0.3) is 0 Å². The second kappa shape index (κ2) is 5.55. The summed E-state index contributed by atoms with van der Waals surface area (Å²) >= 11 is 1.93. The van der Waals surface area contributed by atoms with Gasteiger partial charge in [0.1, 0.15) is 0 Å². The van der Waals surface area contributed by atoms with E-state index in [1.54, 1.807) is 10.4 Å². The molecule has 3 heteroatoms. The van der Waals surface area contributed by atoms with Crippen molar-refractivity contribution in [1.29, 1.82) is 0 Å². The fourth-order valence-corrected chi connectivity index (χ4v) is 5.12. The summed E-state index contributed by atoms with van der Waals surface area (Å²) in [6, 6.07) is 2.88. The lowest BCUT2D eigenvalue weighted by atomic mass is 9.84. The first kappa shape index (κ1) is 13.6. The summed E-state index contributed by atoms with van der Waals surface area (Å²) in [5.74, 6) is 0. The third-order valence-electron chi connectivity index (χ3n) is 5.30. The van der Waals surface area contributed by atoms with Gasteiger partial charge in [0.05, 0.1) is 0 Å². The fourth-order valence-electron chi connectivity index (χ4n) is 4.15. The van der Waals surface area contributed by atoms with Gasteiger partial charge in [0.25, 0.3) is 0 Å². The molecule has 2 aliphatic rings. The van der Waals surface area contributed by atoms with Crippen molar-refractivity contribution in [2.75, 3.05) is 13.1 Å². The fraction of sp³-hybridized carbons (Fsp3) is 0.750. The van der Waals surface area contributed by atoms with Gasteiger partial charge in [-0.2, -0.15) is 0 Å². The van der Waals surface area contributed by atoms with Gasteiger partial charge in [0.2, 0.25) is 0 Å². The highest BCUT2D eigenvalue weighted by Gasteiger charge is 2.40. The standard InChI is InChI=1S/C16H26N2S/c1-13-14-7-11-19-15(14)6-10-18(13)16(12-17)8-4-2-3-5-9-16/h7,11,13H,2-6,8-10,12,17H2,1H3. The molecule has 1 atom stereocenters. The Bertz CT molecular complexity index is 418. The molecular weight excluding hydrogens is 252 g/mol. The van der Waals surface area contributed by atoms with Crippen molar-refractivity contribution in [3.8, 4) is 0 Å². The first-order chi connectivity index (χ1) is 9.27. The molecule has 0 spiro atoms. The Morgan fingerprint density at radius 2 is 2.05 bits per heavy atom. The summed E-state index contributed by atoms with van der Waals surface area (Å²) in [7, 11) is 0. The Balaban J connectivity index is 1.88. The molecule has 1 saturated carbocycles. The van der Waals surface area contributed by atoms with Crippen molar-refractivity contribution in [3.05, 3.63) is 21.9 Å². The lowest BCUT2D eigenvalue weighted by Crippen LogP contribution is -2.56. The molecule has 0 aromatic carbocycles. The molecule has 1 fully saturated rings. The second-order valence-corrected chi connectivity index (χ2v) is 7.26. The van der Waals surface area contributed by atoms with Crippen LogP contribution in [0.1, 0.15) is 61.9 Å². The first-order valence-corrected chi connectivity index (χ1v) is 8.68. The summed E-state index contributed by atoms with van der Waals surface area (Å²) in [5, 5.41) is 2.26. The van der Waals surface area contributed by atoms with Crippen molar-refractivity contribution in [2.24, 2.45) is 5.73 Å². The minimum Gasteiger partial charge on any atom is -0.329 e. The highest BCUT2D eigenvalue weighted by atomic mass is 32.1. The van der Waals surface area contributed by atoms with Crippen LogP contribution in [0, 0.1) is 0 Å². The van der Waals surface area contributed by atoms with Crippen LogP contribution >= 0.6 is 11.3 Å². The molecule has 106 valence electrons. The predicted octanol–water partition coefficient (Wildman–Crippen LogP) is 3.72. The summed E-state index contributed by atoms with van der Waals surface area (Å²) in [6.07, 6.45) is 9.33. The van der Waals surface area contributed by atoms with Crippen molar-refractivity contribution in [3.63, 3.8) is 0 Å². The number of thiophene rings is 1. The maximum Gasteiger partial charge on any atom is 0.0337 e. The van der Waals surface area contributed by atoms with Crippen LogP contribution in [0.15, 0.2) is 11.4 Å². The lowest BCUT2D eigenvalue weighted by molar-refractivity contribution is 0.0350. The van der Waals surface area contributed by atoms with Crippen molar-refractivity contribution in [1.82, 2.24) is 4.90 Å². The van der Waals surface area contributed by atoms with E-state index in [-0.39, 0.29) is 5.54 Å². The zero-order valence-electron chi connectivity index (χ0n) is 12.0. The van der Waals surface area contributed by atoms with E-state index in [0.717, 1.165) is 6.54 Å². The van der Waals surface area contributed by atoms with E-state index in [2.05, 4.69) is 23.3 Å². The molecule has 2 nitrogen and oxygen atoms in total. The van der Waals surface area contributed by atoms with Crippen LogP contribution in [0.5, 0.6) is 0 Å². The van der Waals surface area contributed by atoms with E-state index < -0.39 is 0 Å². The third-order valence-corrected chi connectivity index (χ3v) is 6.30. The van der Waals surface area contributed by atoms with Crippen LogP contribution in [0.4, 0.5) is 0 Å². The van der Waals surface area contributed by atoms with Crippen LogP contribution in [0.2, 0.25) is 0 Å². The Morgan fingerprint density at radius 3 is 2.74 bits per heavy atom. The predicted molar refractivity (Wildman–Crippen MR) is 82.6 cm³/mol. The average molecular weight is 278 g/mol. The number of nitrogens with zero attached hydrogens (tertiary/aromatic N) is 1. The number of fused-ring (bicyclic) bond motifs is 1. The topological polar surface area (TPSA) is 29.3 Å². The molecule has 0 radical (unpaired) electrons. The van der Waals surface area contributed by atoms with Crippen LogP contribution in [-0.4, -0.2) is 23.5 Å². The summed E-state index contributed by atoms with van der Waals surface area (Å²) in [4.78, 5) is 4.34. The van der Waals surface area contributed by atoms with Gasteiger partial charge < -0.3 is 5.73 Å². The average Bonchev–Trinajstić information content (AvgIpc) is 2.78. The molecule has 2 heterocycles. The number of rotatable bonds is 2. The zero-order valence-corrected chi connectivity index (χ0v) is 12.8. The van der Waals surface area contributed by atoms with E-state index >= 15 is 0 Å². The number of hydrogen-bond acceptors (Lipinski definition) is 3. The molecule has 3 rings (SSSR count). The summed E-state index contributed by atoms with van der Waals surface area (Å²) in [5.41, 5.74) is 8.09. The molecule has 0 amide bonds. The quantitative estimate of drug-likeness (QED) is 0.835. The first-order valence-electron chi connectivity index (χ1n) is 7.80. The minimum absolute atomic E-state index is 0.273. The number of hydrogen-bond donors (Lipinski definition) is 1. The minimum atomic E-state index is 0.273. The van der Waals surface area contributed by atoms with E-state index in [0.29, 0.717) is 6.04 Å². The van der Waals surface area contributed by atoms with Gasteiger partial charge in [-0.25, -0.2) is 0 Å². The molecule has 1 aliphatic carbocycles.